The standard InChI is InChI=1S/C23H23N2O2/c1-15-22-18-8-6-5-7-16(18)9-12-20(22)25(2,3)23(15)14-24-19-11-10-17(26-4)13-21(19)27-23/h5-15H,1-4H3/q+1. The molecule has 4 nitrogen and oxygen atoms in total. The predicted molar refractivity (Wildman–Crippen MR) is 111 cm³/mol. The predicted octanol–water partition coefficient (Wildman–Crippen LogP) is 5.02. The molecule has 2 aliphatic rings. The third-order valence-corrected chi connectivity index (χ3v) is 6.31. The number of ether oxygens (including phenoxy) is 2. The van der Waals surface area contributed by atoms with Crippen LogP contribution in [0.3, 0.4) is 0 Å². The summed E-state index contributed by atoms with van der Waals surface area (Å²) in [6, 6.07) is 18.8. The first-order chi connectivity index (χ1) is 13.0. The highest BCUT2D eigenvalue weighted by Gasteiger charge is 2.62. The fourth-order valence-corrected chi connectivity index (χ4v) is 4.74. The SMILES string of the molecule is COc1ccc2c(c1)OC1(C=N2)C(C)c2c(ccc3ccccc23)[N+]1(C)C. The van der Waals surface area contributed by atoms with Crippen LogP contribution in [-0.4, -0.2) is 33.1 Å². The smallest absolute Gasteiger partial charge is 0.291 e. The Labute approximate surface area is 159 Å². The van der Waals surface area contributed by atoms with E-state index in [1.54, 1.807) is 7.11 Å². The van der Waals surface area contributed by atoms with E-state index in [9.17, 15) is 0 Å². The number of fused-ring (bicyclic) bond motifs is 4. The van der Waals surface area contributed by atoms with Crippen LogP contribution in [0.1, 0.15) is 18.4 Å². The average Bonchev–Trinajstić information content (AvgIpc) is 2.86. The highest BCUT2D eigenvalue weighted by Crippen LogP contribution is 2.55. The Morgan fingerprint density at radius 1 is 1.07 bits per heavy atom. The monoisotopic (exact) mass is 359 g/mol. The summed E-state index contributed by atoms with van der Waals surface area (Å²) in [5.41, 5.74) is 2.87. The van der Waals surface area contributed by atoms with Gasteiger partial charge in [0.15, 0.2) is 5.75 Å². The van der Waals surface area contributed by atoms with E-state index in [1.807, 2.05) is 24.4 Å². The van der Waals surface area contributed by atoms with E-state index in [0.29, 0.717) is 4.48 Å². The molecule has 5 rings (SSSR count). The molecule has 27 heavy (non-hydrogen) atoms. The van der Waals surface area contributed by atoms with Crippen LogP contribution in [0.25, 0.3) is 10.8 Å². The number of likely N-dealkylation sites (N-methyl/N-ethyl adjacent to an activating group) is 1. The minimum absolute atomic E-state index is 0.150. The van der Waals surface area contributed by atoms with Crippen molar-refractivity contribution in [1.29, 1.82) is 0 Å². The van der Waals surface area contributed by atoms with Crippen molar-refractivity contribution >= 4 is 28.4 Å². The number of rotatable bonds is 1. The first kappa shape index (κ1) is 16.3. The highest BCUT2D eigenvalue weighted by molar-refractivity contribution is 5.95. The summed E-state index contributed by atoms with van der Waals surface area (Å²) in [4.78, 5) is 4.79. The molecule has 0 saturated carbocycles. The van der Waals surface area contributed by atoms with Gasteiger partial charge in [0, 0.05) is 17.7 Å². The number of hydrogen-bond donors (Lipinski definition) is 0. The molecule has 3 aromatic carbocycles. The molecule has 2 heterocycles. The fourth-order valence-electron chi connectivity index (χ4n) is 4.74. The minimum atomic E-state index is -0.591. The van der Waals surface area contributed by atoms with Crippen molar-refractivity contribution in [2.45, 2.75) is 18.6 Å². The van der Waals surface area contributed by atoms with E-state index >= 15 is 0 Å². The van der Waals surface area contributed by atoms with Crippen molar-refractivity contribution in [2.75, 3.05) is 21.2 Å². The molecule has 1 spiro atoms. The van der Waals surface area contributed by atoms with Crippen molar-refractivity contribution in [3.8, 4) is 11.5 Å². The van der Waals surface area contributed by atoms with Gasteiger partial charge in [0.1, 0.15) is 23.3 Å². The highest BCUT2D eigenvalue weighted by atomic mass is 16.5. The number of nitrogens with zero attached hydrogens (tertiary/aromatic N) is 2. The van der Waals surface area contributed by atoms with E-state index in [1.165, 1.54) is 22.0 Å². The van der Waals surface area contributed by atoms with Gasteiger partial charge in [-0.15, -0.1) is 0 Å². The van der Waals surface area contributed by atoms with Crippen LogP contribution in [0, 0.1) is 0 Å². The van der Waals surface area contributed by atoms with Gasteiger partial charge in [-0.25, -0.2) is 4.99 Å². The number of benzene rings is 3. The fraction of sp³-hybridized carbons (Fsp3) is 0.261. The first-order valence-electron chi connectivity index (χ1n) is 9.26. The van der Waals surface area contributed by atoms with E-state index in [2.05, 4.69) is 57.4 Å². The van der Waals surface area contributed by atoms with Gasteiger partial charge in [0.25, 0.3) is 5.72 Å². The Kier molecular flexibility index (Phi) is 3.23. The second kappa shape index (κ2) is 5.33. The van der Waals surface area contributed by atoms with Gasteiger partial charge in [-0.2, -0.15) is 0 Å². The molecular weight excluding hydrogens is 336 g/mol. The summed E-state index contributed by atoms with van der Waals surface area (Å²) >= 11 is 0. The van der Waals surface area contributed by atoms with Gasteiger partial charge in [-0.1, -0.05) is 24.3 Å². The summed E-state index contributed by atoms with van der Waals surface area (Å²) < 4.78 is 12.7. The van der Waals surface area contributed by atoms with Crippen molar-refractivity contribution in [2.24, 2.45) is 4.99 Å². The molecule has 3 aromatic rings. The molecule has 0 fully saturated rings. The number of methoxy groups -OCH3 is 1. The molecule has 0 amide bonds. The maximum absolute atomic E-state index is 6.72. The first-order valence-corrected chi connectivity index (χ1v) is 9.26. The molecule has 0 bridgehead atoms. The van der Waals surface area contributed by atoms with Crippen molar-refractivity contribution in [3.63, 3.8) is 0 Å². The minimum Gasteiger partial charge on any atom is -0.497 e. The summed E-state index contributed by atoms with van der Waals surface area (Å²) in [7, 11) is 6.08. The van der Waals surface area contributed by atoms with Crippen molar-refractivity contribution in [1.82, 2.24) is 4.48 Å². The zero-order valence-electron chi connectivity index (χ0n) is 16.1. The number of quaternary nitrogens is 1. The Bertz CT molecular complexity index is 1100. The zero-order chi connectivity index (χ0) is 18.8. The molecule has 4 heteroatoms. The van der Waals surface area contributed by atoms with E-state index in [4.69, 9.17) is 14.5 Å². The van der Waals surface area contributed by atoms with Crippen LogP contribution >= 0.6 is 0 Å². The Morgan fingerprint density at radius 3 is 2.70 bits per heavy atom. The van der Waals surface area contributed by atoms with E-state index < -0.39 is 5.72 Å². The van der Waals surface area contributed by atoms with Gasteiger partial charge >= 0.3 is 0 Å². The topological polar surface area (TPSA) is 30.8 Å². The van der Waals surface area contributed by atoms with E-state index in [-0.39, 0.29) is 5.92 Å². The van der Waals surface area contributed by atoms with Gasteiger partial charge in [-0.05, 0) is 35.9 Å². The third kappa shape index (κ3) is 1.99. The lowest BCUT2D eigenvalue weighted by molar-refractivity contribution is 0.00995. The van der Waals surface area contributed by atoms with E-state index in [0.717, 1.165) is 17.2 Å². The molecule has 0 N–H and O–H groups in total. The van der Waals surface area contributed by atoms with Crippen molar-refractivity contribution < 1.29 is 9.47 Å². The molecule has 136 valence electrons. The van der Waals surface area contributed by atoms with Crippen LogP contribution in [0.4, 0.5) is 11.4 Å². The summed E-state index contributed by atoms with van der Waals surface area (Å²) in [6.07, 6.45) is 2.00. The molecule has 0 radical (unpaired) electrons. The lowest BCUT2D eigenvalue weighted by Crippen LogP contribution is -2.65. The largest absolute Gasteiger partial charge is 0.497 e. The molecule has 0 saturated heterocycles. The van der Waals surface area contributed by atoms with Crippen LogP contribution in [-0.2, 0) is 0 Å². The lowest BCUT2D eigenvalue weighted by Gasteiger charge is -2.43. The Balaban J connectivity index is 1.73. The molecule has 2 aliphatic heterocycles. The lowest BCUT2D eigenvalue weighted by atomic mass is 9.89. The van der Waals surface area contributed by atoms with Gasteiger partial charge in [0.2, 0.25) is 0 Å². The Morgan fingerprint density at radius 2 is 1.89 bits per heavy atom. The zero-order valence-corrected chi connectivity index (χ0v) is 16.1. The van der Waals surface area contributed by atoms with Crippen LogP contribution in [0.15, 0.2) is 59.6 Å². The summed E-state index contributed by atoms with van der Waals surface area (Å²) in [5.74, 6) is 1.70. The molecule has 2 unspecified atom stereocenters. The average molecular weight is 359 g/mol. The van der Waals surface area contributed by atoms with Gasteiger partial charge in [-0.3, -0.25) is 4.48 Å². The van der Waals surface area contributed by atoms with Crippen molar-refractivity contribution in [3.05, 3.63) is 60.2 Å². The summed E-state index contributed by atoms with van der Waals surface area (Å²) in [6.45, 7) is 2.25. The van der Waals surface area contributed by atoms with Gasteiger partial charge in [0.05, 0.1) is 27.1 Å². The van der Waals surface area contributed by atoms with Gasteiger partial charge < -0.3 is 9.47 Å². The summed E-state index contributed by atoms with van der Waals surface area (Å²) in [5, 5.41) is 2.55. The maximum atomic E-state index is 6.72. The Hall–Kier alpha value is -2.85. The normalized spacial score (nSPS) is 24.5. The third-order valence-electron chi connectivity index (χ3n) is 6.31. The van der Waals surface area contributed by atoms with Crippen LogP contribution in [0.2, 0.25) is 0 Å². The van der Waals surface area contributed by atoms with Crippen LogP contribution in [0.5, 0.6) is 11.5 Å². The second-order valence-corrected chi connectivity index (χ2v) is 7.84. The number of aliphatic imine (C=N–C) groups is 1. The number of hydrogen-bond acceptors (Lipinski definition) is 3. The maximum Gasteiger partial charge on any atom is 0.291 e. The second-order valence-electron chi connectivity index (χ2n) is 7.84. The molecule has 2 atom stereocenters. The quantitative estimate of drug-likeness (QED) is 0.571. The van der Waals surface area contributed by atoms with Crippen LogP contribution < -0.4 is 14.0 Å². The molecule has 0 aromatic heterocycles. The molecule has 0 aliphatic carbocycles. The molecular formula is C23H23N2O2+.